The molecule has 0 saturated carbocycles. The number of hydrogen-bond donors (Lipinski definition) is 1. The van der Waals surface area contributed by atoms with Crippen LogP contribution in [0.4, 0.5) is 11.5 Å². The number of nitrogens with one attached hydrogen (secondary N) is 1. The van der Waals surface area contributed by atoms with Crippen LogP contribution in [-0.2, 0) is 10.0 Å². The number of nitro groups is 1. The summed E-state index contributed by atoms with van der Waals surface area (Å²) in [6, 6.07) is 5.23. The highest BCUT2D eigenvalue weighted by Gasteiger charge is 2.18. The summed E-state index contributed by atoms with van der Waals surface area (Å²) in [5, 5.41) is 10.5. The van der Waals surface area contributed by atoms with Crippen LogP contribution in [0.25, 0.3) is 0 Å². The predicted molar refractivity (Wildman–Crippen MR) is 73.6 cm³/mol. The first-order valence-corrected chi connectivity index (χ1v) is 7.41. The molecule has 2 aromatic rings. The maximum atomic E-state index is 12.0. The van der Waals surface area contributed by atoms with Crippen molar-refractivity contribution >= 4 is 37.5 Å². The Morgan fingerprint density at radius 3 is 2.40 bits per heavy atom. The quantitative estimate of drug-likeness (QED) is 0.507. The Morgan fingerprint density at radius 1 is 1.15 bits per heavy atom. The van der Waals surface area contributed by atoms with E-state index in [1.165, 1.54) is 12.3 Å². The van der Waals surface area contributed by atoms with Crippen molar-refractivity contribution < 1.29 is 13.3 Å². The van der Waals surface area contributed by atoms with Crippen LogP contribution in [0.2, 0.25) is 0 Å². The maximum absolute atomic E-state index is 12.0. The molecule has 0 saturated heterocycles. The Balaban J connectivity index is 2.26. The SMILES string of the molecule is O=[N+]([O-])c1ccc(S(=O)(=O)Nc2ccc(Br)nc2)cn1. The molecule has 2 aromatic heterocycles. The molecule has 20 heavy (non-hydrogen) atoms. The van der Waals surface area contributed by atoms with Crippen LogP contribution in [-0.4, -0.2) is 23.3 Å². The predicted octanol–water partition coefficient (Wildman–Crippen LogP) is 1.95. The third-order valence-electron chi connectivity index (χ3n) is 2.20. The summed E-state index contributed by atoms with van der Waals surface area (Å²) in [5.41, 5.74) is 0.270. The van der Waals surface area contributed by atoms with Gasteiger partial charge in [-0.3, -0.25) is 4.72 Å². The Bertz CT molecular complexity index is 731. The molecule has 8 nitrogen and oxygen atoms in total. The molecule has 0 aliphatic carbocycles. The van der Waals surface area contributed by atoms with Gasteiger partial charge in [0, 0.05) is 6.07 Å². The second kappa shape index (κ2) is 5.51. The molecule has 10 heteroatoms. The van der Waals surface area contributed by atoms with E-state index in [1.807, 2.05) is 0 Å². The largest absolute Gasteiger partial charge is 0.363 e. The van der Waals surface area contributed by atoms with Crippen LogP contribution in [0.3, 0.4) is 0 Å². The minimum absolute atomic E-state index is 0.175. The van der Waals surface area contributed by atoms with Gasteiger partial charge in [0.1, 0.15) is 9.50 Å². The van der Waals surface area contributed by atoms with Crippen molar-refractivity contribution in [2.75, 3.05) is 4.72 Å². The number of anilines is 1. The minimum atomic E-state index is -3.86. The molecule has 104 valence electrons. The maximum Gasteiger partial charge on any atom is 0.363 e. The number of nitrogens with zero attached hydrogens (tertiary/aromatic N) is 3. The summed E-state index contributed by atoms with van der Waals surface area (Å²) in [6.45, 7) is 0. The van der Waals surface area contributed by atoms with Crippen LogP contribution < -0.4 is 4.72 Å². The molecule has 0 bridgehead atoms. The highest BCUT2D eigenvalue weighted by Crippen LogP contribution is 2.17. The lowest BCUT2D eigenvalue weighted by atomic mass is 10.4. The summed E-state index contributed by atoms with van der Waals surface area (Å²) in [7, 11) is -3.86. The highest BCUT2D eigenvalue weighted by molar-refractivity contribution is 9.10. The molecule has 0 radical (unpaired) electrons. The molecular weight excluding hydrogens is 352 g/mol. The van der Waals surface area contributed by atoms with E-state index in [1.54, 1.807) is 6.07 Å². The number of hydrogen-bond acceptors (Lipinski definition) is 6. The molecule has 0 aliphatic rings. The Hall–Kier alpha value is -2.07. The van der Waals surface area contributed by atoms with Gasteiger partial charge < -0.3 is 10.1 Å². The second-order valence-electron chi connectivity index (χ2n) is 3.58. The topological polar surface area (TPSA) is 115 Å². The highest BCUT2D eigenvalue weighted by atomic mass is 79.9. The molecule has 0 aliphatic heterocycles. The first kappa shape index (κ1) is 14.3. The molecule has 2 heterocycles. The van der Waals surface area contributed by atoms with Crippen molar-refractivity contribution in [2.24, 2.45) is 0 Å². The Labute approximate surface area is 122 Å². The van der Waals surface area contributed by atoms with E-state index in [2.05, 4.69) is 30.6 Å². The summed E-state index contributed by atoms with van der Waals surface area (Å²) >= 11 is 3.13. The third kappa shape index (κ3) is 3.27. The van der Waals surface area contributed by atoms with Gasteiger partial charge in [-0.1, -0.05) is 0 Å². The lowest BCUT2D eigenvalue weighted by Crippen LogP contribution is -2.13. The van der Waals surface area contributed by atoms with Crippen LogP contribution in [0.15, 0.2) is 46.2 Å². The fraction of sp³-hybridized carbons (Fsp3) is 0. The van der Waals surface area contributed by atoms with E-state index in [-0.39, 0.29) is 10.6 Å². The zero-order valence-corrected chi connectivity index (χ0v) is 12.1. The van der Waals surface area contributed by atoms with Gasteiger partial charge in [-0.05, 0) is 44.0 Å². The van der Waals surface area contributed by atoms with Gasteiger partial charge in [0.2, 0.25) is 0 Å². The van der Waals surface area contributed by atoms with Crippen LogP contribution in [0.5, 0.6) is 0 Å². The smallest absolute Gasteiger partial charge is 0.358 e. The van der Waals surface area contributed by atoms with Gasteiger partial charge in [0.25, 0.3) is 10.0 Å². The van der Waals surface area contributed by atoms with Crippen LogP contribution in [0, 0.1) is 10.1 Å². The van der Waals surface area contributed by atoms with Crippen molar-refractivity contribution in [3.63, 3.8) is 0 Å². The molecule has 2 rings (SSSR count). The molecule has 0 atom stereocenters. The lowest BCUT2D eigenvalue weighted by molar-refractivity contribution is -0.389. The second-order valence-corrected chi connectivity index (χ2v) is 6.08. The molecule has 0 spiro atoms. The first-order chi connectivity index (χ1) is 9.38. The van der Waals surface area contributed by atoms with Crippen LogP contribution in [0.1, 0.15) is 0 Å². The van der Waals surface area contributed by atoms with E-state index in [4.69, 9.17) is 0 Å². The van der Waals surface area contributed by atoms with Crippen molar-refractivity contribution in [3.05, 3.63) is 51.4 Å². The standard InChI is InChI=1S/C10H7BrN4O4S/c11-9-3-1-7(5-12-9)14-20(18,19)8-2-4-10(13-6-8)15(16)17/h1-6,14H. The Morgan fingerprint density at radius 2 is 1.90 bits per heavy atom. The van der Waals surface area contributed by atoms with Gasteiger partial charge in [0.15, 0.2) is 6.20 Å². The average Bonchev–Trinajstić information content (AvgIpc) is 2.41. The summed E-state index contributed by atoms with van der Waals surface area (Å²) < 4.78 is 26.9. The number of rotatable bonds is 4. The molecular formula is C10H7BrN4O4S. The molecule has 0 aromatic carbocycles. The molecule has 0 fully saturated rings. The van der Waals surface area contributed by atoms with Gasteiger partial charge >= 0.3 is 5.82 Å². The number of aromatic nitrogens is 2. The van der Waals surface area contributed by atoms with Gasteiger partial charge in [0.05, 0.1) is 11.9 Å². The van der Waals surface area contributed by atoms with Gasteiger partial charge in [-0.25, -0.2) is 13.4 Å². The summed E-state index contributed by atoms with van der Waals surface area (Å²) in [4.78, 5) is 16.9. The average molecular weight is 359 g/mol. The van der Waals surface area contributed by atoms with Gasteiger partial charge in [-0.2, -0.15) is 0 Å². The number of pyridine rings is 2. The summed E-state index contributed by atoms with van der Waals surface area (Å²) in [5.74, 6) is -0.422. The zero-order chi connectivity index (χ0) is 14.8. The van der Waals surface area contributed by atoms with Crippen molar-refractivity contribution in [1.82, 2.24) is 9.97 Å². The fourth-order valence-electron chi connectivity index (χ4n) is 1.29. The normalized spacial score (nSPS) is 11.1. The zero-order valence-electron chi connectivity index (χ0n) is 9.72. The number of sulfonamides is 1. The van der Waals surface area contributed by atoms with E-state index >= 15 is 0 Å². The van der Waals surface area contributed by atoms with Gasteiger partial charge in [-0.15, -0.1) is 0 Å². The van der Waals surface area contributed by atoms with E-state index in [0.29, 0.717) is 4.60 Å². The van der Waals surface area contributed by atoms with E-state index < -0.39 is 20.8 Å². The fourth-order valence-corrected chi connectivity index (χ4v) is 2.51. The van der Waals surface area contributed by atoms with Crippen molar-refractivity contribution in [1.29, 1.82) is 0 Å². The monoisotopic (exact) mass is 358 g/mol. The number of halogens is 1. The van der Waals surface area contributed by atoms with Crippen molar-refractivity contribution in [2.45, 2.75) is 4.90 Å². The Kier molecular flexibility index (Phi) is 3.95. The molecule has 1 N–H and O–H groups in total. The third-order valence-corrected chi connectivity index (χ3v) is 4.03. The lowest BCUT2D eigenvalue weighted by Gasteiger charge is -2.06. The molecule has 0 amide bonds. The van der Waals surface area contributed by atoms with Crippen molar-refractivity contribution in [3.8, 4) is 0 Å². The van der Waals surface area contributed by atoms with Crippen LogP contribution >= 0.6 is 15.9 Å². The minimum Gasteiger partial charge on any atom is -0.358 e. The first-order valence-electron chi connectivity index (χ1n) is 5.13. The summed E-state index contributed by atoms with van der Waals surface area (Å²) in [6.07, 6.45) is 2.26. The van der Waals surface area contributed by atoms with E-state index in [9.17, 15) is 18.5 Å². The molecule has 0 unspecified atom stereocenters. The van der Waals surface area contributed by atoms with E-state index in [0.717, 1.165) is 18.3 Å².